The molecular weight excluding hydrogens is 219 g/mol. The minimum atomic E-state index is -0.413. The summed E-state index contributed by atoms with van der Waals surface area (Å²) in [5, 5.41) is 9.50. The highest BCUT2D eigenvalue weighted by atomic mass is 35.5. The van der Waals surface area contributed by atoms with Crippen molar-refractivity contribution < 1.29 is 14.2 Å². The summed E-state index contributed by atoms with van der Waals surface area (Å²) in [4.78, 5) is 0. The van der Waals surface area contributed by atoms with Gasteiger partial charge in [0.2, 0.25) is 0 Å². The average molecular weight is 231 g/mol. The Morgan fingerprint density at radius 2 is 2.33 bits per heavy atom. The quantitative estimate of drug-likeness (QED) is 0.846. The van der Waals surface area contributed by atoms with Gasteiger partial charge >= 0.3 is 0 Å². The van der Waals surface area contributed by atoms with Gasteiger partial charge in [0, 0.05) is 29.7 Å². The molecule has 1 heterocycles. The van der Waals surface area contributed by atoms with Gasteiger partial charge in [-0.2, -0.15) is 0 Å². The van der Waals surface area contributed by atoms with Crippen molar-refractivity contribution >= 4 is 11.6 Å². The zero-order valence-electron chi connectivity index (χ0n) is 8.12. The molecule has 2 atom stereocenters. The fourth-order valence-corrected chi connectivity index (χ4v) is 2.19. The molecule has 1 aromatic rings. The standard InChI is InChI=1S/C11H12ClFO2/c12-8-2-1-3-9(13)10(8)11-7(6-14)4-5-15-11/h1-3,7,11,14H,4-6H2. The number of aliphatic hydroxyl groups excluding tert-OH is 1. The SMILES string of the molecule is OCC1CCOC1c1c(F)cccc1Cl. The molecule has 0 bridgehead atoms. The molecule has 1 saturated heterocycles. The van der Waals surface area contributed by atoms with Crippen LogP contribution in [-0.2, 0) is 4.74 Å². The van der Waals surface area contributed by atoms with E-state index in [-0.39, 0.29) is 18.3 Å². The number of ether oxygens (including phenoxy) is 1. The summed E-state index contributed by atoms with van der Waals surface area (Å²) in [6.45, 7) is 0.538. The molecule has 0 saturated carbocycles. The van der Waals surface area contributed by atoms with Crippen LogP contribution in [0.4, 0.5) is 4.39 Å². The molecule has 15 heavy (non-hydrogen) atoms. The van der Waals surface area contributed by atoms with E-state index in [4.69, 9.17) is 21.4 Å². The van der Waals surface area contributed by atoms with E-state index >= 15 is 0 Å². The van der Waals surface area contributed by atoms with Gasteiger partial charge in [0.25, 0.3) is 0 Å². The molecule has 0 amide bonds. The lowest BCUT2D eigenvalue weighted by atomic mass is 9.96. The minimum absolute atomic E-state index is 0.00463. The lowest BCUT2D eigenvalue weighted by molar-refractivity contribution is 0.0694. The van der Waals surface area contributed by atoms with Crippen LogP contribution >= 0.6 is 11.6 Å². The maximum absolute atomic E-state index is 13.6. The van der Waals surface area contributed by atoms with Crippen LogP contribution < -0.4 is 0 Å². The first kappa shape index (κ1) is 10.9. The van der Waals surface area contributed by atoms with Gasteiger partial charge in [0.1, 0.15) is 5.82 Å². The van der Waals surface area contributed by atoms with Gasteiger partial charge in [-0.1, -0.05) is 17.7 Å². The maximum atomic E-state index is 13.6. The number of aliphatic hydroxyl groups is 1. The molecular formula is C11H12ClFO2. The molecule has 0 radical (unpaired) electrons. The van der Waals surface area contributed by atoms with Gasteiger partial charge in [-0.3, -0.25) is 0 Å². The van der Waals surface area contributed by atoms with Gasteiger partial charge < -0.3 is 9.84 Å². The first-order chi connectivity index (χ1) is 7.24. The predicted octanol–water partition coefficient (Wildman–Crippen LogP) is 2.55. The smallest absolute Gasteiger partial charge is 0.130 e. The highest BCUT2D eigenvalue weighted by Gasteiger charge is 2.32. The second kappa shape index (κ2) is 4.47. The predicted molar refractivity (Wildman–Crippen MR) is 55.3 cm³/mol. The summed E-state index contributed by atoms with van der Waals surface area (Å²) >= 11 is 5.93. The average Bonchev–Trinajstić information content (AvgIpc) is 2.65. The molecule has 2 unspecified atom stereocenters. The van der Waals surface area contributed by atoms with Crippen molar-refractivity contribution in [3.05, 3.63) is 34.6 Å². The van der Waals surface area contributed by atoms with Crippen LogP contribution in [0.1, 0.15) is 18.1 Å². The molecule has 4 heteroatoms. The molecule has 1 aromatic carbocycles. The number of halogens is 2. The van der Waals surface area contributed by atoms with Crippen molar-refractivity contribution in [3.63, 3.8) is 0 Å². The van der Waals surface area contributed by atoms with Gasteiger partial charge in [0.05, 0.1) is 6.10 Å². The summed E-state index contributed by atoms with van der Waals surface area (Å²) in [5.74, 6) is -0.424. The van der Waals surface area contributed by atoms with Gasteiger partial charge in [-0.25, -0.2) is 4.39 Å². The fourth-order valence-electron chi connectivity index (χ4n) is 1.92. The van der Waals surface area contributed by atoms with E-state index in [1.54, 1.807) is 12.1 Å². The van der Waals surface area contributed by atoms with Crippen molar-refractivity contribution in [2.24, 2.45) is 5.92 Å². The van der Waals surface area contributed by atoms with E-state index in [1.165, 1.54) is 6.07 Å². The summed E-state index contributed by atoms with van der Waals surface area (Å²) in [6.07, 6.45) is 0.329. The Balaban J connectivity index is 2.36. The molecule has 1 aliphatic heterocycles. The summed E-state index contributed by atoms with van der Waals surface area (Å²) in [5.41, 5.74) is 0.371. The Morgan fingerprint density at radius 3 is 3.00 bits per heavy atom. The molecule has 1 N–H and O–H groups in total. The van der Waals surface area contributed by atoms with E-state index in [2.05, 4.69) is 0 Å². The second-order valence-corrected chi connectivity index (χ2v) is 4.07. The normalized spacial score (nSPS) is 25.8. The second-order valence-electron chi connectivity index (χ2n) is 3.66. The molecule has 0 aliphatic carbocycles. The van der Waals surface area contributed by atoms with Gasteiger partial charge in [-0.15, -0.1) is 0 Å². The monoisotopic (exact) mass is 230 g/mol. The third kappa shape index (κ3) is 2.00. The van der Waals surface area contributed by atoms with Crippen LogP contribution in [0.2, 0.25) is 5.02 Å². The van der Waals surface area contributed by atoms with Gasteiger partial charge in [0.15, 0.2) is 0 Å². The van der Waals surface area contributed by atoms with Crippen LogP contribution in [0.5, 0.6) is 0 Å². The molecule has 1 fully saturated rings. The van der Waals surface area contributed by atoms with Crippen LogP contribution in [0, 0.1) is 11.7 Å². The molecule has 0 spiro atoms. The summed E-state index contributed by atoms with van der Waals surface area (Å²) in [7, 11) is 0. The van der Waals surface area contributed by atoms with Crippen molar-refractivity contribution in [3.8, 4) is 0 Å². The van der Waals surface area contributed by atoms with E-state index in [1.807, 2.05) is 0 Å². The van der Waals surface area contributed by atoms with Crippen molar-refractivity contribution in [1.29, 1.82) is 0 Å². The Labute approximate surface area is 92.6 Å². The van der Waals surface area contributed by atoms with Crippen molar-refractivity contribution in [1.82, 2.24) is 0 Å². The molecule has 1 aliphatic rings. The zero-order chi connectivity index (χ0) is 10.8. The lowest BCUT2D eigenvalue weighted by Gasteiger charge is -2.18. The summed E-state index contributed by atoms with van der Waals surface area (Å²) in [6, 6.07) is 4.55. The molecule has 0 aromatic heterocycles. The Kier molecular flexibility index (Phi) is 3.24. The van der Waals surface area contributed by atoms with Crippen LogP contribution in [0.15, 0.2) is 18.2 Å². The first-order valence-electron chi connectivity index (χ1n) is 4.90. The van der Waals surface area contributed by atoms with Crippen molar-refractivity contribution in [2.45, 2.75) is 12.5 Å². The Morgan fingerprint density at radius 1 is 1.53 bits per heavy atom. The van der Waals surface area contributed by atoms with E-state index in [0.717, 1.165) is 6.42 Å². The number of hydrogen-bond donors (Lipinski definition) is 1. The van der Waals surface area contributed by atoms with Crippen molar-refractivity contribution in [2.75, 3.05) is 13.2 Å². The lowest BCUT2D eigenvalue weighted by Crippen LogP contribution is -2.13. The van der Waals surface area contributed by atoms with Crippen LogP contribution in [0.25, 0.3) is 0 Å². The largest absolute Gasteiger partial charge is 0.396 e. The minimum Gasteiger partial charge on any atom is -0.396 e. The first-order valence-corrected chi connectivity index (χ1v) is 5.28. The number of rotatable bonds is 2. The van der Waals surface area contributed by atoms with Gasteiger partial charge in [-0.05, 0) is 18.6 Å². The van der Waals surface area contributed by atoms with Crippen LogP contribution in [-0.4, -0.2) is 18.3 Å². The van der Waals surface area contributed by atoms with E-state index < -0.39 is 6.10 Å². The topological polar surface area (TPSA) is 29.5 Å². The maximum Gasteiger partial charge on any atom is 0.130 e. The molecule has 2 rings (SSSR count). The van der Waals surface area contributed by atoms with E-state index in [9.17, 15) is 4.39 Å². The highest BCUT2D eigenvalue weighted by Crippen LogP contribution is 2.38. The van der Waals surface area contributed by atoms with Crippen LogP contribution in [0.3, 0.4) is 0 Å². The summed E-state index contributed by atoms with van der Waals surface area (Å²) < 4.78 is 19.0. The third-order valence-corrected chi connectivity index (χ3v) is 3.06. The zero-order valence-corrected chi connectivity index (χ0v) is 8.88. The third-order valence-electron chi connectivity index (χ3n) is 2.73. The molecule has 82 valence electrons. The highest BCUT2D eigenvalue weighted by molar-refractivity contribution is 6.31. The fraction of sp³-hybridized carbons (Fsp3) is 0.455. The number of hydrogen-bond acceptors (Lipinski definition) is 2. The van der Waals surface area contributed by atoms with E-state index in [0.29, 0.717) is 17.2 Å². The Hall–Kier alpha value is -0.640. The Bertz CT molecular complexity index is 336. The number of benzene rings is 1. The molecule has 2 nitrogen and oxygen atoms in total.